The van der Waals surface area contributed by atoms with Gasteiger partial charge in [-0.2, -0.15) is 0 Å². The van der Waals surface area contributed by atoms with Crippen molar-refractivity contribution in [3.8, 4) is 0 Å². The van der Waals surface area contributed by atoms with E-state index >= 15 is 0 Å². The first-order valence-corrected chi connectivity index (χ1v) is 7.11. The van der Waals surface area contributed by atoms with Crippen molar-refractivity contribution >= 4 is 28.9 Å². The van der Waals surface area contributed by atoms with Crippen LogP contribution in [-0.4, -0.2) is 11.9 Å². The van der Waals surface area contributed by atoms with Crippen molar-refractivity contribution < 1.29 is 9.18 Å². The molecule has 2 aromatic rings. The van der Waals surface area contributed by atoms with Crippen LogP contribution < -0.4 is 10.6 Å². The van der Waals surface area contributed by atoms with E-state index in [9.17, 15) is 9.18 Å². The van der Waals surface area contributed by atoms with Crippen LogP contribution in [0.5, 0.6) is 0 Å². The zero-order valence-corrected chi connectivity index (χ0v) is 12.0. The summed E-state index contributed by atoms with van der Waals surface area (Å²) in [5.74, 6) is -0.619. The minimum Gasteiger partial charge on any atom is -0.371 e. The predicted molar refractivity (Wildman–Crippen MR) is 82.2 cm³/mol. The molecule has 5 heteroatoms. The summed E-state index contributed by atoms with van der Waals surface area (Å²) in [5, 5.41) is 6.16. The fourth-order valence-electron chi connectivity index (χ4n) is 2.44. The fraction of sp³-hybridized carbons (Fsp3) is 0.188. The van der Waals surface area contributed by atoms with Gasteiger partial charge in [0.05, 0.1) is 5.69 Å². The van der Waals surface area contributed by atoms with E-state index in [-0.39, 0.29) is 11.6 Å². The molecule has 108 valence electrons. The Balaban J connectivity index is 1.80. The monoisotopic (exact) mass is 304 g/mol. The van der Waals surface area contributed by atoms with Crippen LogP contribution in [0.1, 0.15) is 12.0 Å². The second-order valence-electron chi connectivity index (χ2n) is 5.01. The van der Waals surface area contributed by atoms with Gasteiger partial charge in [-0.15, -0.1) is 0 Å². The Bertz CT molecular complexity index is 690. The highest BCUT2D eigenvalue weighted by Crippen LogP contribution is 2.25. The first-order valence-electron chi connectivity index (χ1n) is 6.74. The van der Waals surface area contributed by atoms with Gasteiger partial charge in [-0.1, -0.05) is 29.8 Å². The number of para-hydroxylation sites is 1. The van der Waals surface area contributed by atoms with Crippen molar-refractivity contribution in [2.75, 3.05) is 10.6 Å². The number of carbonyl (C=O) groups is 1. The van der Waals surface area contributed by atoms with Gasteiger partial charge in [0.25, 0.3) is 0 Å². The zero-order chi connectivity index (χ0) is 14.8. The summed E-state index contributed by atoms with van der Waals surface area (Å²) >= 11 is 5.73. The van der Waals surface area contributed by atoms with Crippen LogP contribution in [0.25, 0.3) is 0 Å². The molecule has 1 aliphatic rings. The molecule has 2 N–H and O–H groups in total. The smallest absolute Gasteiger partial charge is 0.246 e. The van der Waals surface area contributed by atoms with E-state index < -0.39 is 11.9 Å². The van der Waals surface area contributed by atoms with Gasteiger partial charge in [0.15, 0.2) is 0 Å². The van der Waals surface area contributed by atoms with E-state index in [1.807, 2.05) is 24.3 Å². The molecule has 1 atom stereocenters. The van der Waals surface area contributed by atoms with E-state index in [0.29, 0.717) is 11.4 Å². The Hall–Kier alpha value is -2.07. The Morgan fingerprint density at radius 2 is 2.05 bits per heavy atom. The van der Waals surface area contributed by atoms with Crippen LogP contribution >= 0.6 is 11.6 Å². The summed E-state index contributed by atoms with van der Waals surface area (Å²) < 4.78 is 13.8. The second kappa shape index (κ2) is 5.74. The van der Waals surface area contributed by atoms with Crippen LogP contribution in [-0.2, 0) is 11.2 Å². The number of nitrogens with one attached hydrogen (secondary N) is 2. The molecule has 21 heavy (non-hydrogen) atoms. The maximum absolute atomic E-state index is 13.8. The maximum Gasteiger partial charge on any atom is 0.246 e. The lowest BCUT2D eigenvalue weighted by Crippen LogP contribution is -2.33. The zero-order valence-electron chi connectivity index (χ0n) is 11.2. The largest absolute Gasteiger partial charge is 0.371 e. The molecule has 0 fully saturated rings. The summed E-state index contributed by atoms with van der Waals surface area (Å²) in [7, 11) is 0. The second-order valence-corrected chi connectivity index (χ2v) is 5.44. The van der Waals surface area contributed by atoms with Gasteiger partial charge in [0.1, 0.15) is 11.9 Å². The average molecular weight is 305 g/mol. The van der Waals surface area contributed by atoms with Crippen molar-refractivity contribution in [3.63, 3.8) is 0 Å². The van der Waals surface area contributed by atoms with E-state index in [1.165, 1.54) is 6.07 Å². The molecule has 1 aliphatic heterocycles. The van der Waals surface area contributed by atoms with Crippen molar-refractivity contribution in [2.45, 2.75) is 18.9 Å². The summed E-state index contributed by atoms with van der Waals surface area (Å²) in [6.07, 6.45) is 1.35. The number of carbonyl (C=O) groups excluding carboxylic acids is 1. The van der Waals surface area contributed by atoms with Crippen molar-refractivity contribution in [1.29, 1.82) is 0 Å². The normalized spacial score (nSPS) is 17.6. The van der Waals surface area contributed by atoms with Gasteiger partial charge in [-0.25, -0.2) is 4.39 Å². The third kappa shape index (κ3) is 3.00. The first-order chi connectivity index (χ1) is 10.1. The molecule has 0 spiro atoms. The van der Waals surface area contributed by atoms with Crippen LogP contribution in [0.3, 0.4) is 0 Å². The van der Waals surface area contributed by atoms with Crippen LogP contribution in [0.2, 0.25) is 5.02 Å². The Morgan fingerprint density at radius 3 is 2.86 bits per heavy atom. The van der Waals surface area contributed by atoms with Gasteiger partial charge in [0.2, 0.25) is 5.91 Å². The number of benzene rings is 2. The van der Waals surface area contributed by atoms with Crippen molar-refractivity contribution in [2.24, 2.45) is 0 Å². The predicted octanol–water partition coefficient (Wildman–Crippen LogP) is 3.84. The molecule has 0 aromatic heterocycles. The lowest BCUT2D eigenvalue weighted by Gasteiger charge is -2.17. The van der Waals surface area contributed by atoms with E-state index in [0.717, 1.165) is 17.7 Å². The van der Waals surface area contributed by atoms with E-state index in [4.69, 9.17) is 11.6 Å². The minimum absolute atomic E-state index is 0.158. The summed E-state index contributed by atoms with van der Waals surface area (Å²) in [6.45, 7) is 0. The highest BCUT2D eigenvalue weighted by Gasteiger charge is 2.24. The quantitative estimate of drug-likeness (QED) is 0.885. The number of halogens is 2. The molecule has 0 bridgehead atoms. The summed E-state index contributed by atoms with van der Waals surface area (Å²) in [4.78, 5) is 12.2. The third-order valence-corrected chi connectivity index (χ3v) is 3.79. The molecular weight excluding hydrogens is 291 g/mol. The number of anilines is 2. The summed E-state index contributed by atoms with van der Waals surface area (Å²) in [5.41, 5.74) is 2.20. The average Bonchev–Trinajstić information content (AvgIpc) is 2.61. The molecule has 1 unspecified atom stereocenters. The van der Waals surface area contributed by atoms with Crippen LogP contribution in [0.4, 0.5) is 15.8 Å². The minimum atomic E-state index is -0.479. The lowest BCUT2D eigenvalue weighted by atomic mass is 10.1. The molecule has 3 rings (SSSR count). The molecule has 0 saturated carbocycles. The SMILES string of the molecule is O=C1Nc2ccccc2CCC1Nc1ccc(Cl)cc1F. The molecule has 0 aliphatic carbocycles. The number of fused-ring (bicyclic) bond motifs is 1. The lowest BCUT2D eigenvalue weighted by molar-refractivity contribution is -0.116. The highest BCUT2D eigenvalue weighted by atomic mass is 35.5. The molecule has 0 saturated heterocycles. The van der Waals surface area contributed by atoms with Crippen LogP contribution in [0, 0.1) is 5.82 Å². The molecule has 3 nitrogen and oxygen atoms in total. The van der Waals surface area contributed by atoms with Crippen molar-refractivity contribution in [1.82, 2.24) is 0 Å². The fourth-order valence-corrected chi connectivity index (χ4v) is 2.60. The Morgan fingerprint density at radius 1 is 1.24 bits per heavy atom. The molecule has 0 radical (unpaired) electrons. The third-order valence-electron chi connectivity index (χ3n) is 3.55. The van der Waals surface area contributed by atoms with Gasteiger partial charge in [-0.3, -0.25) is 4.79 Å². The highest BCUT2D eigenvalue weighted by molar-refractivity contribution is 6.30. The van der Waals surface area contributed by atoms with Crippen molar-refractivity contribution in [3.05, 3.63) is 58.9 Å². The number of amides is 1. The standard InChI is InChI=1S/C16H14ClFN2O/c17-11-6-8-14(12(18)9-11)19-15-7-5-10-3-1-2-4-13(10)20-16(15)21/h1-4,6,8-9,15,19H,5,7H2,(H,20,21). The van der Waals surface area contributed by atoms with Gasteiger partial charge in [-0.05, 0) is 42.7 Å². The van der Waals surface area contributed by atoms with Gasteiger partial charge >= 0.3 is 0 Å². The molecule has 2 aromatic carbocycles. The topological polar surface area (TPSA) is 41.1 Å². The molecule has 1 amide bonds. The summed E-state index contributed by atoms with van der Waals surface area (Å²) in [6, 6.07) is 11.6. The maximum atomic E-state index is 13.8. The van der Waals surface area contributed by atoms with E-state index in [1.54, 1.807) is 12.1 Å². The molecular formula is C16H14ClFN2O. The van der Waals surface area contributed by atoms with Gasteiger partial charge in [0, 0.05) is 10.7 Å². The van der Waals surface area contributed by atoms with Gasteiger partial charge < -0.3 is 10.6 Å². The number of aryl methyl sites for hydroxylation is 1. The number of rotatable bonds is 2. The molecule has 1 heterocycles. The van der Waals surface area contributed by atoms with E-state index in [2.05, 4.69) is 10.6 Å². The Labute approximate surface area is 127 Å². The number of hydrogen-bond acceptors (Lipinski definition) is 2. The number of hydrogen-bond donors (Lipinski definition) is 2. The Kier molecular flexibility index (Phi) is 3.80. The van der Waals surface area contributed by atoms with Crippen LogP contribution in [0.15, 0.2) is 42.5 Å². The first kappa shape index (κ1) is 13.9.